The number of rotatable bonds is 3. The van der Waals surface area contributed by atoms with E-state index >= 15 is 0 Å². The minimum Gasteiger partial charge on any atom is -0.462 e. The summed E-state index contributed by atoms with van der Waals surface area (Å²) in [5.74, 6) is -1.11. The van der Waals surface area contributed by atoms with Crippen molar-refractivity contribution >= 4 is 5.97 Å². The van der Waals surface area contributed by atoms with Crippen LogP contribution in [0.2, 0.25) is 0 Å². The molecule has 0 aliphatic carbocycles. The van der Waals surface area contributed by atoms with Crippen LogP contribution in [0.1, 0.15) is 28.5 Å². The first-order valence-electron chi connectivity index (χ1n) is 6.21. The molecule has 8 heteroatoms. The number of halogens is 3. The van der Waals surface area contributed by atoms with Crippen molar-refractivity contribution in [3.05, 3.63) is 41.1 Å². The Morgan fingerprint density at radius 2 is 2.00 bits per heavy atom. The number of hydrogen-bond acceptors (Lipinski definition) is 4. The Hall–Kier alpha value is -2.82. The molecule has 0 atom stereocenters. The highest BCUT2D eigenvalue weighted by Crippen LogP contribution is 2.35. The van der Waals surface area contributed by atoms with Crippen molar-refractivity contribution in [2.75, 3.05) is 6.61 Å². The van der Waals surface area contributed by atoms with Gasteiger partial charge < -0.3 is 4.74 Å². The summed E-state index contributed by atoms with van der Waals surface area (Å²) in [6.07, 6.45) is -4.76. The lowest BCUT2D eigenvalue weighted by Gasteiger charge is -2.08. The molecular formula is C14H10F3N3O2. The van der Waals surface area contributed by atoms with E-state index in [4.69, 9.17) is 5.26 Å². The number of aromatic nitrogens is 2. The van der Waals surface area contributed by atoms with Gasteiger partial charge in [-0.2, -0.15) is 23.5 Å². The zero-order chi connectivity index (χ0) is 16.3. The molecule has 1 aromatic carbocycles. The maximum atomic E-state index is 13.0. The maximum Gasteiger partial charge on any atom is 0.433 e. The van der Waals surface area contributed by atoms with Crippen LogP contribution in [0.4, 0.5) is 13.2 Å². The van der Waals surface area contributed by atoms with Crippen LogP contribution in [-0.4, -0.2) is 22.8 Å². The van der Waals surface area contributed by atoms with Gasteiger partial charge in [-0.1, -0.05) is 12.1 Å². The molecule has 2 aromatic rings. The van der Waals surface area contributed by atoms with Gasteiger partial charge in [0, 0.05) is 5.56 Å². The average Bonchev–Trinajstić information content (AvgIpc) is 2.92. The number of nitriles is 1. The first-order chi connectivity index (χ1) is 10.4. The van der Waals surface area contributed by atoms with Crippen molar-refractivity contribution in [1.29, 1.82) is 5.26 Å². The minimum atomic E-state index is -4.76. The summed E-state index contributed by atoms with van der Waals surface area (Å²) in [5.41, 5.74) is -1.48. The van der Waals surface area contributed by atoms with Gasteiger partial charge in [0.25, 0.3) is 0 Å². The minimum absolute atomic E-state index is 0.0614. The molecule has 5 nitrogen and oxygen atoms in total. The van der Waals surface area contributed by atoms with Crippen LogP contribution < -0.4 is 0 Å². The fraction of sp³-hybridized carbons (Fsp3) is 0.214. The molecule has 1 N–H and O–H groups in total. The lowest BCUT2D eigenvalue weighted by Crippen LogP contribution is -2.14. The molecule has 0 radical (unpaired) electrons. The fourth-order valence-electron chi connectivity index (χ4n) is 1.86. The van der Waals surface area contributed by atoms with Crippen LogP contribution in [0.3, 0.4) is 0 Å². The molecule has 2 rings (SSSR count). The Balaban J connectivity index is 2.58. The Bertz CT molecular complexity index is 727. The number of aromatic amines is 1. The molecule has 0 saturated carbocycles. The van der Waals surface area contributed by atoms with Crippen LogP contribution in [-0.2, 0) is 10.9 Å². The molecular weight excluding hydrogens is 299 g/mol. The molecule has 22 heavy (non-hydrogen) atoms. The Morgan fingerprint density at radius 1 is 1.36 bits per heavy atom. The van der Waals surface area contributed by atoms with Crippen LogP contribution in [0.25, 0.3) is 11.3 Å². The van der Waals surface area contributed by atoms with E-state index in [-0.39, 0.29) is 17.9 Å². The van der Waals surface area contributed by atoms with Crippen molar-refractivity contribution in [3.8, 4) is 17.3 Å². The van der Waals surface area contributed by atoms with E-state index in [2.05, 4.69) is 9.84 Å². The summed E-state index contributed by atoms with van der Waals surface area (Å²) in [6, 6.07) is 7.57. The summed E-state index contributed by atoms with van der Waals surface area (Å²) in [7, 11) is 0. The molecule has 114 valence electrons. The van der Waals surface area contributed by atoms with Crippen molar-refractivity contribution in [3.63, 3.8) is 0 Å². The zero-order valence-electron chi connectivity index (χ0n) is 11.4. The molecule has 0 fully saturated rings. The SMILES string of the molecule is CCOC(=O)c1c(-c2ccc(C#N)cc2)n[nH]c1C(F)(F)F. The van der Waals surface area contributed by atoms with Gasteiger partial charge in [0.1, 0.15) is 11.3 Å². The highest BCUT2D eigenvalue weighted by Gasteiger charge is 2.40. The fourth-order valence-corrected chi connectivity index (χ4v) is 1.86. The van der Waals surface area contributed by atoms with Crippen LogP contribution in [0.15, 0.2) is 24.3 Å². The second kappa shape index (κ2) is 5.89. The van der Waals surface area contributed by atoms with Gasteiger partial charge in [-0.15, -0.1) is 0 Å². The lowest BCUT2D eigenvalue weighted by atomic mass is 10.0. The van der Waals surface area contributed by atoms with Gasteiger partial charge in [-0.25, -0.2) is 4.79 Å². The maximum absolute atomic E-state index is 13.0. The number of alkyl halides is 3. The molecule has 0 unspecified atom stereocenters. The van der Waals surface area contributed by atoms with Crippen LogP contribution in [0.5, 0.6) is 0 Å². The van der Waals surface area contributed by atoms with E-state index in [0.717, 1.165) is 0 Å². The topological polar surface area (TPSA) is 78.8 Å². The number of carbonyl (C=O) groups excluding carboxylic acids is 1. The summed E-state index contributed by atoms with van der Waals surface area (Å²) in [4.78, 5) is 11.9. The smallest absolute Gasteiger partial charge is 0.433 e. The van der Waals surface area contributed by atoms with Crippen molar-refractivity contribution in [1.82, 2.24) is 10.2 Å². The lowest BCUT2D eigenvalue weighted by molar-refractivity contribution is -0.141. The molecule has 0 bridgehead atoms. The van der Waals surface area contributed by atoms with E-state index in [1.807, 2.05) is 11.2 Å². The Kier molecular flexibility index (Phi) is 4.17. The van der Waals surface area contributed by atoms with Gasteiger partial charge >= 0.3 is 12.1 Å². The normalized spacial score (nSPS) is 11.0. The number of benzene rings is 1. The number of nitrogens with zero attached hydrogens (tertiary/aromatic N) is 2. The third-order valence-corrected chi connectivity index (χ3v) is 2.82. The van der Waals surface area contributed by atoms with Crippen LogP contribution in [0, 0.1) is 11.3 Å². The predicted octanol–water partition coefficient (Wildman–Crippen LogP) is 3.14. The largest absolute Gasteiger partial charge is 0.462 e. The summed E-state index contributed by atoms with van der Waals surface area (Å²) < 4.78 is 43.6. The predicted molar refractivity (Wildman–Crippen MR) is 69.7 cm³/mol. The Morgan fingerprint density at radius 3 is 2.50 bits per heavy atom. The third kappa shape index (κ3) is 2.93. The van der Waals surface area contributed by atoms with E-state index < -0.39 is 23.4 Å². The number of hydrogen-bond donors (Lipinski definition) is 1. The summed E-state index contributed by atoms with van der Waals surface area (Å²) in [5, 5.41) is 14.2. The number of H-pyrrole nitrogens is 1. The molecule has 0 aliphatic heterocycles. The number of esters is 1. The molecule has 0 aliphatic rings. The van der Waals surface area contributed by atoms with E-state index in [0.29, 0.717) is 5.56 Å². The summed E-state index contributed by atoms with van der Waals surface area (Å²) in [6.45, 7) is 1.43. The van der Waals surface area contributed by atoms with Gasteiger partial charge in [0.15, 0.2) is 5.69 Å². The van der Waals surface area contributed by atoms with Crippen molar-refractivity contribution in [2.45, 2.75) is 13.1 Å². The molecule has 0 saturated heterocycles. The third-order valence-electron chi connectivity index (χ3n) is 2.82. The molecule has 0 amide bonds. The van der Waals surface area contributed by atoms with Gasteiger partial charge in [-0.3, -0.25) is 5.10 Å². The van der Waals surface area contributed by atoms with Gasteiger partial charge in [0.05, 0.1) is 18.2 Å². The number of ether oxygens (including phenoxy) is 1. The average molecular weight is 309 g/mol. The van der Waals surface area contributed by atoms with Gasteiger partial charge in [0.2, 0.25) is 0 Å². The first kappa shape index (κ1) is 15.6. The van der Waals surface area contributed by atoms with E-state index in [1.54, 1.807) is 0 Å². The molecule has 1 aromatic heterocycles. The summed E-state index contributed by atoms with van der Waals surface area (Å²) >= 11 is 0. The van der Waals surface area contributed by atoms with E-state index in [9.17, 15) is 18.0 Å². The molecule has 0 spiro atoms. The number of carbonyl (C=O) groups is 1. The van der Waals surface area contributed by atoms with Crippen molar-refractivity contribution < 1.29 is 22.7 Å². The van der Waals surface area contributed by atoms with Crippen LogP contribution >= 0.6 is 0 Å². The van der Waals surface area contributed by atoms with E-state index in [1.165, 1.54) is 31.2 Å². The standard InChI is InChI=1S/C14H10F3N3O2/c1-2-22-13(21)10-11(19-20-12(10)14(15,16)17)9-5-3-8(7-18)4-6-9/h3-6H,2H2,1H3,(H,19,20). The Labute approximate surface area is 123 Å². The quantitative estimate of drug-likeness (QED) is 0.883. The number of nitrogens with one attached hydrogen (secondary N) is 1. The highest BCUT2D eigenvalue weighted by atomic mass is 19.4. The second-order valence-corrected chi connectivity index (χ2v) is 4.23. The van der Waals surface area contributed by atoms with Crippen molar-refractivity contribution in [2.24, 2.45) is 0 Å². The second-order valence-electron chi connectivity index (χ2n) is 4.23. The molecule has 1 heterocycles. The highest BCUT2D eigenvalue weighted by molar-refractivity contribution is 5.97. The first-order valence-corrected chi connectivity index (χ1v) is 6.21. The monoisotopic (exact) mass is 309 g/mol. The zero-order valence-corrected chi connectivity index (χ0v) is 11.4. The van der Waals surface area contributed by atoms with Gasteiger partial charge in [-0.05, 0) is 19.1 Å².